The standard InChI is InChI=1S/C17H25N3O3/c1-3-15(21)6-8-18-17(22)19-14-5-4-13-7-9-20(10-11-23-2)16(13)12-14/h4-5,7,9,12,15,21H,3,6,8,10-11H2,1-2H3,(H2,18,19,22). The van der Waals surface area contributed by atoms with Crippen LogP contribution in [0.15, 0.2) is 30.5 Å². The molecule has 0 aliphatic carbocycles. The Hall–Kier alpha value is -2.05. The fourth-order valence-corrected chi connectivity index (χ4v) is 2.38. The second-order valence-electron chi connectivity index (χ2n) is 5.51. The monoisotopic (exact) mass is 319 g/mol. The third kappa shape index (κ3) is 4.97. The van der Waals surface area contributed by atoms with E-state index in [9.17, 15) is 9.90 Å². The molecule has 2 aromatic rings. The Balaban J connectivity index is 1.95. The maximum absolute atomic E-state index is 11.9. The van der Waals surface area contributed by atoms with Gasteiger partial charge in [-0.25, -0.2) is 4.79 Å². The summed E-state index contributed by atoms with van der Waals surface area (Å²) < 4.78 is 7.21. The number of carbonyl (C=O) groups excluding carboxylic acids is 1. The van der Waals surface area contributed by atoms with E-state index in [0.29, 0.717) is 26.0 Å². The van der Waals surface area contributed by atoms with Crippen LogP contribution in [0.3, 0.4) is 0 Å². The summed E-state index contributed by atoms with van der Waals surface area (Å²) in [6.45, 7) is 3.78. The third-order valence-corrected chi connectivity index (χ3v) is 3.80. The number of aliphatic hydroxyl groups is 1. The number of methoxy groups -OCH3 is 1. The van der Waals surface area contributed by atoms with E-state index in [1.807, 2.05) is 37.4 Å². The normalized spacial score (nSPS) is 12.3. The molecule has 2 rings (SSSR count). The van der Waals surface area contributed by atoms with Crippen molar-refractivity contribution >= 4 is 22.6 Å². The molecule has 0 aliphatic rings. The van der Waals surface area contributed by atoms with Crippen molar-refractivity contribution in [1.82, 2.24) is 9.88 Å². The molecule has 0 saturated carbocycles. The number of ether oxygens (including phenoxy) is 1. The van der Waals surface area contributed by atoms with Crippen LogP contribution in [0.5, 0.6) is 0 Å². The summed E-state index contributed by atoms with van der Waals surface area (Å²) in [7, 11) is 1.68. The predicted octanol–water partition coefficient (Wildman–Crippen LogP) is 2.57. The Morgan fingerprint density at radius 3 is 2.96 bits per heavy atom. The molecular formula is C17H25N3O3. The molecule has 0 saturated heterocycles. The van der Waals surface area contributed by atoms with Crippen LogP contribution in [-0.2, 0) is 11.3 Å². The molecule has 1 aromatic carbocycles. The number of urea groups is 1. The number of carbonyl (C=O) groups is 1. The molecule has 2 amide bonds. The lowest BCUT2D eigenvalue weighted by atomic mass is 10.2. The molecule has 23 heavy (non-hydrogen) atoms. The lowest BCUT2D eigenvalue weighted by Gasteiger charge is -2.11. The highest BCUT2D eigenvalue weighted by Gasteiger charge is 2.06. The first-order valence-electron chi connectivity index (χ1n) is 7.94. The SMILES string of the molecule is CCC(O)CCNC(=O)Nc1ccc2ccn(CCOC)c2c1. The summed E-state index contributed by atoms with van der Waals surface area (Å²) in [5, 5.41) is 16.2. The summed E-state index contributed by atoms with van der Waals surface area (Å²) >= 11 is 0. The van der Waals surface area contributed by atoms with Crippen LogP contribution in [0, 0.1) is 0 Å². The first kappa shape index (κ1) is 17.3. The van der Waals surface area contributed by atoms with Gasteiger partial charge >= 0.3 is 6.03 Å². The Bertz CT molecular complexity index is 639. The van der Waals surface area contributed by atoms with Gasteiger partial charge in [-0.2, -0.15) is 0 Å². The van der Waals surface area contributed by atoms with Gasteiger partial charge in [-0.1, -0.05) is 13.0 Å². The zero-order chi connectivity index (χ0) is 16.7. The van der Waals surface area contributed by atoms with Crippen molar-refractivity contribution in [2.45, 2.75) is 32.4 Å². The van der Waals surface area contributed by atoms with Crippen LogP contribution in [0.2, 0.25) is 0 Å². The molecular weight excluding hydrogens is 294 g/mol. The molecule has 0 spiro atoms. The van der Waals surface area contributed by atoms with Crippen molar-refractivity contribution < 1.29 is 14.6 Å². The highest BCUT2D eigenvalue weighted by molar-refractivity contribution is 5.92. The molecule has 126 valence electrons. The molecule has 0 bridgehead atoms. The minimum absolute atomic E-state index is 0.261. The number of rotatable bonds is 8. The van der Waals surface area contributed by atoms with Crippen LogP contribution in [0.1, 0.15) is 19.8 Å². The summed E-state index contributed by atoms with van der Waals surface area (Å²) in [5.74, 6) is 0. The van der Waals surface area contributed by atoms with E-state index in [2.05, 4.69) is 15.2 Å². The molecule has 1 atom stereocenters. The molecule has 1 aromatic heterocycles. The second-order valence-corrected chi connectivity index (χ2v) is 5.51. The highest BCUT2D eigenvalue weighted by atomic mass is 16.5. The number of fused-ring (bicyclic) bond motifs is 1. The zero-order valence-corrected chi connectivity index (χ0v) is 13.7. The summed E-state index contributed by atoms with van der Waals surface area (Å²) in [6, 6.07) is 7.59. The molecule has 0 aliphatic heterocycles. The van der Waals surface area contributed by atoms with Gasteiger partial charge in [0.05, 0.1) is 18.2 Å². The van der Waals surface area contributed by atoms with Gasteiger partial charge in [0.25, 0.3) is 0 Å². The number of hydrogen-bond donors (Lipinski definition) is 3. The van der Waals surface area contributed by atoms with Crippen molar-refractivity contribution in [3.8, 4) is 0 Å². The van der Waals surface area contributed by atoms with Crippen molar-refractivity contribution in [2.75, 3.05) is 25.6 Å². The average molecular weight is 319 g/mol. The van der Waals surface area contributed by atoms with Crippen LogP contribution >= 0.6 is 0 Å². The van der Waals surface area contributed by atoms with E-state index >= 15 is 0 Å². The number of nitrogens with one attached hydrogen (secondary N) is 2. The number of hydrogen-bond acceptors (Lipinski definition) is 3. The average Bonchev–Trinajstić information content (AvgIpc) is 2.95. The molecule has 0 radical (unpaired) electrons. The van der Waals surface area contributed by atoms with Gasteiger partial charge in [0.15, 0.2) is 0 Å². The number of nitrogens with zero attached hydrogens (tertiary/aromatic N) is 1. The topological polar surface area (TPSA) is 75.5 Å². The number of aromatic nitrogens is 1. The maximum atomic E-state index is 11.9. The van der Waals surface area contributed by atoms with Crippen molar-refractivity contribution in [3.63, 3.8) is 0 Å². The van der Waals surface area contributed by atoms with Crippen LogP contribution in [-0.4, -0.2) is 42.1 Å². The Morgan fingerprint density at radius 2 is 2.22 bits per heavy atom. The summed E-state index contributed by atoms with van der Waals surface area (Å²) in [5.41, 5.74) is 1.80. The van der Waals surface area contributed by atoms with Gasteiger partial charge < -0.3 is 25.0 Å². The molecule has 3 N–H and O–H groups in total. The van der Waals surface area contributed by atoms with Crippen molar-refractivity contribution in [2.24, 2.45) is 0 Å². The van der Waals surface area contributed by atoms with Crippen LogP contribution in [0.4, 0.5) is 10.5 Å². The number of amides is 2. The van der Waals surface area contributed by atoms with E-state index in [1.165, 1.54) is 0 Å². The Labute approximate surface area is 136 Å². The number of anilines is 1. The molecule has 1 unspecified atom stereocenters. The smallest absolute Gasteiger partial charge is 0.319 e. The predicted molar refractivity (Wildman–Crippen MR) is 91.8 cm³/mol. The third-order valence-electron chi connectivity index (χ3n) is 3.80. The highest BCUT2D eigenvalue weighted by Crippen LogP contribution is 2.20. The summed E-state index contributed by atoms with van der Waals surface area (Å²) in [6.07, 6.45) is 2.90. The van der Waals surface area contributed by atoms with Gasteiger partial charge in [-0.3, -0.25) is 0 Å². The Morgan fingerprint density at radius 1 is 1.39 bits per heavy atom. The fraction of sp³-hybridized carbons (Fsp3) is 0.471. The van der Waals surface area contributed by atoms with Gasteiger partial charge in [0, 0.05) is 32.1 Å². The fourth-order valence-electron chi connectivity index (χ4n) is 2.38. The van der Waals surface area contributed by atoms with E-state index in [-0.39, 0.29) is 12.1 Å². The van der Waals surface area contributed by atoms with Crippen molar-refractivity contribution in [1.29, 1.82) is 0 Å². The van der Waals surface area contributed by atoms with Gasteiger partial charge in [-0.15, -0.1) is 0 Å². The lowest BCUT2D eigenvalue weighted by Crippen LogP contribution is -2.31. The number of benzene rings is 1. The first-order chi connectivity index (χ1) is 11.1. The molecule has 0 fully saturated rings. The lowest BCUT2D eigenvalue weighted by molar-refractivity contribution is 0.160. The van der Waals surface area contributed by atoms with Crippen LogP contribution < -0.4 is 10.6 Å². The minimum Gasteiger partial charge on any atom is -0.393 e. The van der Waals surface area contributed by atoms with Gasteiger partial charge in [0.2, 0.25) is 0 Å². The molecule has 6 heteroatoms. The van der Waals surface area contributed by atoms with Gasteiger partial charge in [-0.05, 0) is 36.4 Å². The van der Waals surface area contributed by atoms with E-state index < -0.39 is 0 Å². The van der Waals surface area contributed by atoms with Crippen molar-refractivity contribution in [3.05, 3.63) is 30.5 Å². The largest absolute Gasteiger partial charge is 0.393 e. The zero-order valence-electron chi connectivity index (χ0n) is 13.7. The van der Waals surface area contributed by atoms with E-state index in [0.717, 1.165) is 23.1 Å². The quantitative estimate of drug-likeness (QED) is 0.700. The number of aliphatic hydroxyl groups excluding tert-OH is 1. The maximum Gasteiger partial charge on any atom is 0.319 e. The van der Waals surface area contributed by atoms with Crippen LogP contribution in [0.25, 0.3) is 10.9 Å². The molecule has 6 nitrogen and oxygen atoms in total. The van der Waals surface area contributed by atoms with Gasteiger partial charge in [0.1, 0.15) is 0 Å². The summed E-state index contributed by atoms with van der Waals surface area (Å²) in [4.78, 5) is 11.9. The van der Waals surface area contributed by atoms with E-state index in [4.69, 9.17) is 4.74 Å². The first-order valence-corrected chi connectivity index (χ1v) is 7.94. The van der Waals surface area contributed by atoms with E-state index in [1.54, 1.807) is 7.11 Å². The molecule has 1 heterocycles. The minimum atomic E-state index is -0.365. The second kappa shape index (κ2) is 8.55. The Kier molecular flexibility index (Phi) is 6.43.